The summed E-state index contributed by atoms with van der Waals surface area (Å²) in [5.41, 5.74) is 2.34. The van der Waals surface area contributed by atoms with Crippen molar-refractivity contribution < 1.29 is 18.0 Å². The van der Waals surface area contributed by atoms with E-state index < -0.39 is 10.0 Å². The van der Waals surface area contributed by atoms with Gasteiger partial charge in [0.25, 0.3) is 11.8 Å². The van der Waals surface area contributed by atoms with Crippen LogP contribution in [0.3, 0.4) is 0 Å². The van der Waals surface area contributed by atoms with Crippen molar-refractivity contribution in [3.8, 4) is 0 Å². The highest BCUT2D eigenvalue weighted by atomic mass is 32.2. The van der Waals surface area contributed by atoms with E-state index >= 15 is 0 Å². The van der Waals surface area contributed by atoms with Gasteiger partial charge in [-0.3, -0.25) is 9.59 Å². The Morgan fingerprint density at radius 1 is 1.03 bits per heavy atom. The van der Waals surface area contributed by atoms with Crippen LogP contribution < -0.4 is 10.0 Å². The molecular formula is C22H27N3O4S. The van der Waals surface area contributed by atoms with E-state index in [0.29, 0.717) is 16.8 Å². The Bertz CT molecular complexity index is 1050. The zero-order valence-electron chi connectivity index (χ0n) is 17.4. The summed E-state index contributed by atoms with van der Waals surface area (Å²) in [7, 11) is -2.22. The van der Waals surface area contributed by atoms with Crippen LogP contribution in [-0.4, -0.2) is 44.8 Å². The first-order chi connectivity index (χ1) is 14.2. The number of sulfonamides is 1. The molecule has 0 spiro atoms. The number of nitrogens with one attached hydrogen (secondary N) is 2. The summed E-state index contributed by atoms with van der Waals surface area (Å²) in [5.74, 6) is -0.334. The predicted molar refractivity (Wildman–Crippen MR) is 116 cm³/mol. The number of rotatable bonds is 5. The summed E-state index contributed by atoms with van der Waals surface area (Å²) in [4.78, 5) is 27.4. The number of amides is 2. The number of carbonyl (C=O) groups excluding carboxylic acids is 2. The van der Waals surface area contributed by atoms with Gasteiger partial charge in [0.05, 0.1) is 4.90 Å². The number of carbonyl (C=O) groups is 2. The summed E-state index contributed by atoms with van der Waals surface area (Å²) < 4.78 is 25.8. The third-order valence-corrected chi connectivity index (χ3v) is 6.91. The highest BCUT2D eigenvalue weighted by molar-refractivity contribution is 7.89. The SMILES string of the molecule is CNS(=O)(=O)c1ccc(C(=O)Nc2ccc(C(=O)N3CCCCC3C)cc2C)cc1. The monoisotopic (exact) mass is 429 g/mol. The van der Waals surface area contributed by atoms with Gasteiger partial charge in [-0.2, -0.15) is 0 Å². The molecule has 1 aliphatic rings. The number of hydrogen-bond donors (Lipinski definition) is 2. The Kier molecular flexibility index (Phi) is 6.58. The first-order valence-corrected chi connectivity index (χ1v) is 11.5. The fraction of sp³-hybridized carbons (Fsp3) is 0.364. The Hall–Kier alpha value is -2.71. The molecule has 1 aliphatic heterocycles. The Labute approximate surface area is 177 Å². The topological polar surface area (TPSA) is 95.6 Å². The van der Waals surface area contributed by atoms with Gasteiger partial charge < -0.3 is 10.2 Å². The number of likely N-dealkylation sites (tertiary alicyclic amines) is 1. The first-order valence-electron chi connectivity index (χ1n) is 9.99. The Morgan fingerprint density at radius 2 is 1.70 bits per heavy atom. The summed E-state index contributed by atoms with van der Waals surface area (Å²) in [6.45, 7) is 4.69. The number of benzene rings is 2. The van der Waals surface area contributed by atoms with Gasteiger partial charge in [-0.05, 0) is 88.2 Å². The van der Waals surface area contributed by atoms with Crippen LogP contribution in [0.2, 0.25) is 0 Å². The smallest absolute Gasteiger partial charge is 0.255 e. The van der Waals surface area contributed by atoms with Crippen LogP contribution >= 0.6 is 0 Å². The van der Waals surface area contributed by atoms with Gasteiger partial charge in [0.1, 0.15) is 0 Å². The van der Waals surface area contributed by atoms with Crippen molar-refractivity contribution in [3.05, 3.63) is 59.2 Å². The van der Waals surface area contributed by atoms with Crippen molar-refractivity contribution >= 4 is 27.5 Å². The summed E-state index contributed by atoms with van der Waals surface area (Å²) in [5, 5.41) is 2.82. The first kappa shape index (κ1) is 22.0. The maximum atomic E-state index is 12.8. The molecule has 160 valence electrons. The predicted octanol–water partition coefficient (Wildman–Crippen LogP) is 3.17. The largest absolute Gasteiger partial charge is 0.336 e. The minimum Gasteiger partial charge on any atom is -0.336 e. The van der Waals surface area contributed by atoms with Gasteiger partial charge in [0.15, 0.2) is 0 Å². The van der Waals surface area contributed by atoms with Crippen molar-refractivity contribution in [1.29, 1.82) is 0 Å². The normalized spacial score (nSPS) is 16.9. The van der Waals surface area contributed by atoms with Crippen LogP contribution in [0.25, 0.3) is 0 Å². The van der Waals surface area contributed by atoms with Crippen LogP contribution in [0, 0.1) is 6.92 Å². The summed E-state index contributed by atoms with van der Waals surface area (Å²) >= 11 is 0. The molecule has 2 aromatic carbocycles. The fourth-order valence-corrected chi connectivity index (χ4v) is 4.33. The molecule has 0 aromatic heterocycles. The molecule has 0 saturated carbocycles. The van der Waals surface area contributed by atoms with Crippen molar-refractivity contribution in [1.82, 2.24) is 9.62 Å². The molecule has 8 heteroatoms. The number of piperidine rings is 1. The average molecular weight is 430 g/mol. The maximum Gasteiger partial charge on any atom is 0.255 e. The summed E-state index contributed by atoms with van der Waals surface area (Å²) in [6.07, 6.45) is 3.20. The zero-order chi connectivity index (χ0) is 21.9. The highest BCUT2D eigenvalue weighted by Gasteiger charge is 2.24. The molecule has 0 bridgehead atoms. The molecule has 30 heavy (non-hydrogen) atoms. The van der Waals surface area contributed by atoms with E-state index in [9.17, 15) is 18.0 Å². The van der Waals surface area contributed by atoms with E-state index in [1.807, 2.05) is 11.8 Å². The third-order valence-electron chi connectivity index (χ3n) is 5.48. The molecule has 2 amide bonds. The van der Waals surface area contributed by atoms with Gasteiger partial charge in [-0.1, -0.05) is 0 Å². The third kappa shape index (κ3) is 4.71. The van der Waals surface area contributed by atoms with Crippen molar-refractivity contribution in [2.75, 3.05) is 18.9 Å². The number of hydrogen-bond acceptors (Lipinski definition) is 4. The lowest BCUT2D eigenvalue weighted by Crippen LogP contribution is -2.42. The van der Waals surface area contributed by atoms with Crippen molar-refractivity contribution in [2.24, 2.45) is 0 Å². The van der Waals surface area contributed by atoms with E-state index in [1.54, 1.807) is 18.2 Å². The molecule has 0 aliphatic carbocycles. The molecule has 0 radical (unpaired) electrons. The maximum absolute atomic E-state index is 12.8. The lowest BCUT2D eigenvalue weighted by molar-refractivity contribution is 0.0635. The van der Waals surface area contributed by atoms with Crippen molar-refractivity contribution in [3.63, 3.8) is 0 Å². The lowest BCUT2D eigenvalue weighted by atomic mass is 10.0. The minimum absolute atomic E-state index is 0.0181. The van der Waals surface area contributed by atoms with Crippen LogP contribution in [0.5, 0.6) is 0 Å². The second-order valence-corrected chi connectivity index (χ2v) is 9.45. The second-order valence-electron chi connectivity index (χ2n) is 7.56. The molecule has 2 aromatic rings. The average Bonchev–Trinajstić information content (AvgIpc) is 2.75. The number of anilines is 1. The summed E-state index contributed by atoms with van der Waals surface area (Å²) in [6, 6.07) is 11.2. The van der Waals surface area contributed by atoms with E-state index in [2.05, 4.69) is 17.0 Å². The van der Waals surface area contributed by atoms with Crippen LogP contribution in [0.1, 0.15) is 52.5 Å². The van der Waals surface area contributed by atoms with Gasteiger partial charge in [-0.15, -0.1) is 0 Å². The second kappa shape index (κ2) is 8.97. The molecule has 1 heterocycles. The van der Waals surface area contributed by atoms with Gasteiger partial charge in [0.2, 0.25) is 10.0 Å². The van der Waals surface area contributed by atoms with Crippen LogP contribution in [0.15, 0.2) is 47.4 Å². The molecular weight excluding hydrogens is 402 g/mol. The Balaban J connectivity index is 1.72. The van der Waals surface area contributed by atoms with E-state index in [1.165, 1.54) is 31.3 Å². The van der Waals surface area contributed by atoms with Gasteiger partial charge in [-0.25, -0.2) is 13.1 Å². The van der Waals surface area contributed by atoms with Gasteiger partial charge in [0, 0.05) is 29.4 Å². The molecule has 3 rings (SSSR count). The quantitative estimate of drug-likeness (QED) is 0.763. The van der Waals surface area contributed by atoms with Crippen molar-refractivity contribution in [2.45, 2.75) is 44.0 Å². The standard InChI is InChI=1S/C22H27N3O4S/c1-15-14-18(22(27)25-13-5-4-6-16(25)2)9-12-20(15)24-21(26)17-7-10-19(11-8-17)30(28,29)23-3/h7-12,14,16,23H,4-6,13H2,1-3H3,(H,24,26). The van der Waals surface area contributed by atoms with Gasteiger partial charge >= 0.3 is 0 Å². The van der Waals surface area contributed by atoms with Crippen LogP contribution in [0.4, 0.5) is 5.69 Å². The Morgan fingerprint density at radius 3 is 2.30 bits per heavy atom. The molecule has 1 unspecified atom stereocenters. The zero-order valence-corrected chi connectivity index (χ0v) is 18.3. The van der Waals surface area contributed by atoms with E-state index in [4.69, 9.17) is 0 Å². The molecule has 1 fully saturated rings. The minimum atomic E-state index is -3.55. The lowest BCUT2D eigenvalue weighted by Gasteiger charge is -2.33. The molecule has 1 saturated heterocycles. The molecule has 1 atom stereocenters. The van der Waals surface area contributed by atoms with Crippen LogP contribution in [-0.2, 0) is 10.0 Å². The molecule has 2 N–H and O–H groups in total. The number of aryl methyl sites for hydroxylation is 1. The fourth-order valence-electron chi connectivity index (χ4n) is 3.60. The molecule has 7 nitrogen and oxygen atoms in total. The van der Waals surface area contributed by atoms with E-state index in [0.717, 1.165) is 31.4 Å². The van der Waals surface area contributed by atoms with E-state index in [-0.39, 0.29) is 22.8 Å². The number of nitrogens with zero attached hydrogens (tertiary/aromatic N) is 1. The highest BCUT2D eigenvalue weighted by Crippen LogP contribution is 2.23.